The summed E-state index contributed by atoms with van der Waals surface area (Å²) in [6, 6.07) is 1.07. The summed E-state index contributed by atoms with van der Waals surface area (Å²) in [6.45, 7) is 2.57. The zero-order chi connectivity index (χ0) is 16.3. The highest BCUT2D eigenvalue weighted by Gasteiger charge is 2.16. The molecule has 0 atom stereocenters. The minimum Gasteiger partial charge on any atom is -0.358 e. The van der Waals surface area contributed by atoms with Crippen molar-refractivity contribution in [1.29, 1.82) is 0 Å². The molecule has 2 heterocycles. The van der Waals surface area contributed by atoms with Crippen LogP contribution >= 0.6 is 23.2 Å². The van der Waals surface area contributed by atoms with Gasteiger partial charge in [-0.15, -0.1) is 5.10 Å². The maximum Gasteiger partial charge on any atom is 0.343 e. The van der Waals surface area contributed by atoms with Gasteiger partial charge in [0.25, 0.3) is 5.91 Å². The lowest BCUT2D eigenvalue weighted by Crippen LogP contribution is -2.25. The van der Waals surface area contributed by atoms with Gasteiger partial charge in [0.2, 0.25) is 0 Å². The van der Waals surface area contributed by atoms with Crippen molar-refractivity contribution in [3.63, 3.8) is 0 Å². The van der Waals surface area contributed by atoms with Crippen molar-refractivity contribution in [2.75, 3.05) is 6.54 Å². The Morgan fingerprint density at radius 1 is 1.55 bits per heavy atom. The van der Waals surface area contributed by atoms with Crippen LogP contribution in [0.25, 0.3) is 0 Å². The summed E-state index contributed by atoms with van der Waals surface area (Å²) in [4.78, 5) is 21.6. The second kappa shape index (κ2) is 6.75. The monoisotopic (exact) mass is 346 g/mol. The zero-order valence-electron chi connectivity index (χ0n) is 11.5. The van der Waals surface area contributed by atoms with Gasteiger partial charge in [0.05, 0.1) is 11.8 Å². The Kier molecular flexibility index (Phi) is 4.99. The number of H-pyrrole nitrogens is 1. The third-order valence-electron chi connectivity index (χ3n) is 2.82. The summed E-state index contributed by atoms with van der Waals surface area (Å²) in [5.41, 5.74) is 0.599. The highest BCUT2D eigenvalue weighted by molar-refractivity contribution is 6.41. The summed E-state index contributed by atoms with van der Waals surface area (Å²) in [5.74, 6) is -0.830. The van der Waals surface area contributed by atoms with Crippen molar-refractivity contribution in [1.82, 2.24) is 25.3 Å². The lowest BCUT2D eigenvalue weighted by Gasteiger charge is -2.04. The van der Waals surface area contributed by atoms with Crippen LogP contribution in [0, 0.1) is 17.0 Å². The number of halogens is 2. The van der Waals surface area contributed by atoms with Gasteiger partial charge in [-0.05, 0) is 18.3 Å². The van der Waals surface area contributed by atoms with E-state index in [1.54, 1.807) is 11.6 Å². The lowest BCUT2D eigenvalue weighted by atomic mass is 10.3. The molecular formula is C11H12Cl2N6O3. The standard InChI is InChI=1S/C11H12Cl2N6O3/c1-6-9(12)10(13)18(17-6)4-2-3-14-11(20)7-5-8(16-15-7)19(21)22/h5H,2-4H2,1H3,(H,14,20)(H,15,16). The smallest absolute Gasteiger partial charge is 0.343 e. The first kappa shape index (κ1) is 16.2. The fraction of sp³-hybridized carbons (Fsp3) is 0.364. The molecule has 0 saturated carbocycles. The summed E-state index contributed by atoms with van der Waals surface area (Å²) in [6.07, 6.45) is 0.565. The number of hydrogen-bond acceptors (Lipinski definition) is 5. The van der Waals surface area contributed by atoms with Crippen molar-refractivity contribution < 1.29 is 9.72 Å². The Morgan fingerprint density at radius 2 is 2.27 bits per heavy atom. The first-order valence-electron chi connectivity index (χ1n) is 6.26. The fourth-order valence-electron chi connectivity index (χ4n) is 1.72. The molecule has 11 heteroatoms. The molecular weight excluding hydrogens is 335 g/mol. The molecule has 0 fully saturated rings. The Morgan fingerprint density at radius 3 is 2.82 bits per heavy atom. The van der Waals surface area contributed by atoms with E-state index in [-0.39, 0.29) is 11.5 Å². The van der Waals surface area contributed by atoms with E-state index in [0.29, 0.717) is 35.4 Å². The van der Waals surface area contributed by atoms with Gasteiger partial charge < -0.3 is 15.4 Å². The number of carbonyl (C=O) groups excluding carboxylic acids is 1. The molecule has 0 bridgehead atoms. The van der Waals surface area contributed by atoms with Crippen molar-refractivity contribution in [3.8, 4) is 0 Å². The van der Waals surface area contributed by atoms with Crippen LogP contribution in [0.5, 0.6) is 0 Å². The quantitative estimate of drug-likeness (QED) is 0.470. The van der Waals surface area contributed by atoms with Crippen molar-refractivity contribution in [2.24, 2.45) is 0 Å². The van der Waals surface area contributed by atoms with E-state index in [0.717, 1.165) is 6.07 Å². The SMILES string of the molecule is Cc1nn(CCCNC(=O)c2cc([N+](=O)[O-])[nH]n2)c(Cl)c1Cl. The number of aryl methyl sites for hydroxylation is 2. The van der Waals surface area contributed by atoms with Gasteiger partial charge in [0.1, 0.15) is 10.2 Å². The van der Waals surface area contributed by atoms with Crippen LogP contribution in [-0.4, -0.2) is 37.4 Å². The van der Waals surface area contributed by atoms with Crippen LogP contribution in [0.1, 0.15) is 22.6 Å². The van der Waals surface area contributed by atoms with Crippen LogP contribution < -0.4 is 5.32 Å². The Bertz CT molecular complexity index is 711. The van der Waals surface area contributed by atoms with E-state index >= 15 is 0 Å². The zero-order valence-corrected chi connectivity index (χ0v) is 13.0. The van der Waals surface area contributed by atoms with E-state index in [4.69, 9.17) is 23.2 Å². The molecule has 0 unspecified atom stereocenters. The number of hydrogen-bond donors (Lipinski definition) is 2. The van der Waals surface area contributed by atoms with Gasteiger partial charge in [0.15, 0.2) is 5.69 Å². The average molecular weight is 347 g/mol. The van der Waals surface area contributed by atoms with Crippen LogP contribution in [0.2, 0.25) is 10.2 Å². The molecule has 1 amide bonds. The van der Waals surface area contributed by atoms with E-state index in [9.17, 15) is 14.9 Å². The van der Waals surface area contributed by atoms with E-state index in [1.807, 2.05) is 0 Å². The van der Waals surface area contributed by atoms with Gasteiger partial charge in [-0.1, -0.05) is 28.3 Å². The second-order valence-electron chi connectivity index (χ2n) is 4.42. The van der Waals surface area contributed by atoms with Gasteiger partial charge >= 0.3 is 5.82 Å². The van der Waals surface area contributed by atoms with Crippen LogP contribution in [0.4, 0.5) is 5.82 Å². The molecule has 2 rings (SSSR count). The second-order valence-corrected chi connectivity index (χ2v) is 5.15. The molecule has 2 N–H and O–H groups in total. The first-order valence-corrected chi connectivity index (χ1v) is 7.02. The minimum absolute atomic E-state index is 0.0392. The van der Waals surface area contributed by atoms with Crippen molar-refractivity contribution in [3.05, 3.63) is 37.7 Å². The normalized spacial score (nSPS) is 10.7. The molecule has 9 nitrogen and oxygen atoms in total. The average Bonchev–Trinajstić information content (AvgIpc) is 3.06. The number of aromatic amines is 1. The molecule has 2 aromatic rings. The van der Waals surface area contributed by atoms with Gasteiger partial charge in [-0.3, -0.25) is 9.48 Å². The van der Waals surface area contributed by atoms with E-state index in [1.165, 1.54) is 0 Å². The van der Waals surface area contributed by atoms with E-state index < -0.39 is 10.8 Å². The maximum absolute atomic E-state index is 11.7. The lowest BCUT2D eigenvalue weighted by molar-refractivity contribution is -0.389. The molecule has 118 valence electrons. The molecule has 0 radical (unpaired) electrons. The number of aromatic nitrogens is 4. The van der Waals surface area contributed by atoms with E-state index in [2.05, 4.69) is 20.6 Å². The third kappa shape index (κ3) is 3.55. The summed E-state index contributed by atoms with van der Waals surface area (Å²) >= 11 is 11.9. The predicted octanol–water partition coefficient (Wildman–Crippen LogP) is 1.95. The summed E-state index contributed by atoms with van der Waals surface area (Å²) < 4.78 is 1.55. The molecule has 0 aliphatic heterocycles. The number of amides is 1. The van der Waals surface area contributed by atoms with Gasteiger partial charge in [0, 0.05) is 13.1 Å². The Hall–Kier alpha value is -2.13. The third-order valence-corrected chi connectivity index (χ3v) is 3.76. The highest BCUT2D eigenvalue weighted by Crippen LogP contribution is 2.24. The molecule has 0 aliphatic rings. The molecule has 0 spiro atoms. The van der Waals surface area contributed by atoms with Crippen molar-refractivity contribution >= 4 is 34.9 Å². The van der Waals surface area contributed by atoms with Crippen LogP contribution in [0.3, 0.4) is 0 Å². The van der Waals surface area contributed by atoms with Gasteiger partial charge in [-0.25, -0.2) is 0 Å². The fourth-order valence-corrected chi connectivity index (χ4v) is 2.12. The Balaban J connectivity index is 1.81. The maximum atomic E-state index is 11.7. The molecule has 22 heavy (non-hydrogen) atoms. The minimum atomic E-state index is -0.657. The number of rotatable bonds is 6. The highest BCUT2D eigenvalue weighted by atomic mass is 35.5. The van der Waals surface area contributed by atoms with Gasteiger partial charge in [-0.2, -0.15) is 5.10 Å². The van der Waals surface area contributed by atoms with Crippen molar-refractivity contribution in [2.45, 2.75) is 19.9 Å². The number of nitrogens with one attached hydrogen (secondary N) is 2. The van der Waals surface area contributed by atoms with Crippen LogP contribution in [-0.2, 0) is 6.54 Å². The summed E-state index contributed by atoms with van der Waals surface area (Å²) in [5, 5.41) is 23.7. The number of carbonyl (C=O) groups is 1. The number of nitro groups is 1. The Labute approximate surface area is 134 Å². The molecule has 0 saturated heterocycles. The largest absolute Gasteiger partial charge is 0.358 e. The molecule has 0 aliphatic carbocycles. The predicted molar refractivity (Wildman–Crippen MR) is 79.2 cm³/mol. The molecule has 0 aromatic carbocycles. The van der Waals surface area contributed by atoms with Crippen LogP contribution in [0.15, 0.2) is 6.07 Å². The topological polar surface area (TPSA) is 119 Å². The first-order chi connectivity index (χ1) is 10.4. The summed E-state index contributed by atoms with van der Waals surface area (Å²) in [7, 11) is 0. The molecule has 2 aromatic heterocycles. The number of nitrogens with zero attached hydrogens (tertiary/aromatic N) is 4.